The Bertz CT molecular complexity index is 464. The lowest BCUT2D eigenvalue weighted by atomic mass is 9.84. The summed E-state index contributed by atoms with van der Waals surface area (Å²) in [6.45, 7) is 3.55. The Morgan fingerprint density at radius 2 is 1.85 bits per heavy atom. The predicted octanol–water partition coefficient (Wildman–Crippen LogP) is 2.89. The van der Waals surface area contributed by atoms with Crippen LogP contribution in [0.4, 0.5) is 13.2 Å². The van der Waals surface area contributed by atoms with Crippen LogP contribution in [0.25, 0.3) is 0 Å². The Morgan fingerprint density at radius 3 is 2.45 bits per heavy atom. The summed E-state index contributed by atoms with van der Waals surface area (Å²) in [4.78, 5) is 2.40. The number of piperidine rings is 3. The highest BCUT2D eigenvalue weighted by molar-refractivity contribution is 5.29. The Balaban J connectivity index is 1.67. The van der Waals surface area contributed by atoms with E-state index >= 15 is 0 Å². The first-order valence-electron chi connectivity index (χ1n) is 7.15. The topological polar surface area (TPSA) is 15.3 Å². The maximum Gasteiger partial charge on any atom is 0.416 e. The minimum atomic E-state index is -4.27. The smallest absolute Gasteiger partial charge is 0.308 e. The van der Waals surface area contributed by atoms with Crippen LogP contribution in [-0.2, 0) is 12.7 Å². The molecule has 1 N–H and O–H groups in total. The third-order valence-electron chi connectivity index (χ3n) is 4.53. The highest BCUT2D eigenvalue weighted by Crippen LogP contribution is 2.32. The van der Waals surface area contributed by atoms with Crippen LogP contribution in [0.2, 0.25) is 0 Å². The summed E-state index contributed by atoms with van der Waals surface area (Å²) in [7, 11) is 0. The van der Waals surface area contributed by atoms with Gasteiger partial charge in [0, 0.05) is 19.1 Å². The van der Waals surface area contributed by atoms with Crippen LogP contribution in [0.3, 0.4) is 0 Å². The number of halogens is 3. The molecule has 0 spiro atoms. The van der Waals surface area contributed by atoms with Crippen LogP contribution in [0.1, 0.15) is 24.0 Å². The molecular formula is C15H19F3N2. The molecule has 2 nitrogen and oxygen atoms in total. The van der Waals surface area contributed by atoms with Crippen molar-refractivity contribution in [3.8, 4) is 0 Å². The second-order valence-corrected chi connectivity index (χ2v) is 5.78. The molecule has 1 atom stereocenters. The van der Waals surface area contributed by atoms with Gasteiger partial charge < -0.3 is 10.2 Å². The maximum absolute atomic E-state index is 12.9. The average Bonchev–Trinajstić information content (AvgIpc) is 2.46. The van der Waals surface area contributed by atoms with Gasteiger partial charge in [0.05, 0.1) is 5.56 Å². The molecule has 0 saturated carbocycles. The van der Waals surface area contributed by atoms with Crippen molar-refractivity contribution in [1.29, 1.82) is 0 Å². The van der Waals surface area contributed by atoms with Gasteiger partial charge in [0.25, 0.3) is 0 Å². The molecule has 3 fully saturated rings. The fraction of sp³-hybridized carbons (Fsp3) is 0.600. The summed E-state index contributed by atoms with van der Waals surface area (Å²) < 4.78 is 38.8. The number of nitrogens with zero attached hydrogens (tertiary/aromatic N) is 1. The molecule has 3 aliphatic rings. The molecule has 2 bridgehead atoms. The van der Waals surface area contributed by atoms with Gasteiger partial charge in [-0.3, -0.25) is 0 Å². The minimum absolute atomic E-state index is 0.296. The molecule has 4 rings (SSSR count). The van der Waals surface area contributed by atoms with Crippen LogP contribution in [0.5, 0.6) is 0 Å². The van der Waals surface area contributed by atoms with Crippen LogP contribution in [0.15, 0.2) is 24.3 Å². The lowest BCUT2D eigenvalue weighted by molar-refractivity contribution is -0.138. The molecule has 20 heavy (non-hydrogen) atoms. The Kier molecular flexibility index (Phi) is 3.73. The van der Waals surface area contributed by atoms with Crippen molar-refractivity contribution >= 4 is 0 Å². The van der Waals surface area contributed by atoms with Gasteiger partial charge >= 0.3 is 6.18 Å². The lowest BCUT2D eigenvalue weighted by Crippen LogP contribution is -2.55. The molecule has 0 radical (unpaired) electrons. The van der Waals surface area contributed by atoms with Crippen LogP contribution >= 0.6 is 0 Å². The number of fused-ring (bicyclic) bond motifs is 3. The second-order valence-electron chi connectivity index (χ2n) is 5.78. The van der Waals surface area contributed by atoms with Gasteiger partial charge in [-0.05, 0) is 43.5 Å². The zero-order chi connectivity index (χ0) is 14.2. The summed E-state index contributed by atoms with van der Waals surface area (Å²) in [6.07, 6.45) is -1.94. The van der Waals surface area contributed by atoms with Crippen molar-refractivity contribution in [2.24, 2.45) is 5.92 Å². The van der Waals surface area contributed by atoms with Gasteiger partial charge in [0.1, 0.15) is 0 Å². The first-order valence-corrected chi connectivity index (χ1v) is 7.15. The summed E-state index contributed by atoms with van der Waals surface area (Å²) >= 11 is 0. The van der Waals surface area contributed by atoms with Crippen molar-refractivity contribution in [2.75, 3.05) is 19.6 Å². The fourth-order valence-corrected chi connectivity index (χ4v) is 3.39. The summed E-state index contributed by atoms with van der Waals surface area (Å²) in [5.41, 5.74) is -0.176. The van der Waals surface area contributed by atoms with E-state index in [2.05, 4.69) is 10.2 Å². The summed E-state index contributed by atoms with van der Waals surface area (Å²) in [6, 6.07) is 6.17. The maximum atomic E-state index is 12.9. The van der Waals surface area contributed by atoms with E-state index in [1.54, 1.807) is 12.1 Å². The SMILES string of the molecule is FC(F)(F)c1ccccc1CNC1CN2CCC1CC2. The standard InChI is InChI=1S/C15H19F3N2/c16-15(17,18)13-4-2-1-3-12(13)9-19-14-10-20-7-5-11(14)6-8-20/h1-4,11,14,19H,5-10H2. The van der Waals surface area contributed by atoms with E-state index in [4.69, 9.17) is 0 Å². The molecule has 0 aliphatic carbocycles. The van der Waals surface area contributed by atoms with E-state index in [0.717, 1.165) is 25.7 Å². The van der Waals surface area contributed by atoms with Gasteiger partial charge in [-0.15, -0.1) is 0 Å². The molecule has 1 aromatic rings. The highest BCUT2D eigenvalue weighted by Gasteiger charge is 2.35. The average molecular weight is 284 g/mol. The Hall–Kier alpha value is -1.07. The zero-order valence-corrected chi connectivity index (χ0v) is 11.3. The van der Waals surface area contributed by atoms with E-state index in [0.29, 0.717) is 24.1 Å². The van der Waals surface area contributed by atoms with Crippen LogP contribution < -0.4 is 5.32 Å². The minimum Gasteiger partial charge on any atom is -0.308 e. The van der Waals surface area contributed by atoms with E-state index in [1.165, 1.54) is 18.9 Å². The highest BCUT2D eigenvalue weighted by atomic mass is 19.4. The van der Waals surface area contributed by atoms with E-state index in [-0.39, 0.29) is 0 Å². The van der Waals surface area contributed by atoms with E-state index in [1.807, 2.05) is 0 Å². The number of hydrogen-bond donors (Lipinski definition) is 1. The second kappa shape index (κ2) is 5.37. The molecule has 5 heteroatoms. The summed E-state index contributed by atoms with van der Waals surface area (Å²) in [5, 5.41) is 3.34. The molecule has 3 heterocycles. The van der Waals surface area contributed by atoms with Crippen molar-refractivity contribution in [3.63, 3.8) is 0 Å². The predicted molar refractivity (Wildman–Crippen MR) is 71.2 cm³/mol. The molecule has 1 aromatic carbocycles. The fourth-order valence-electron chi connectivity index (χ4n) is 3.39. The monoisotopic (exact) mass is 284 g/mol. The Labute approximate surface area is 117 Å². The lowest BCUT2D eigenvalue weighted by Gasteiger charge is -2.45. The molecule has 0 aromatic heterocycles. The molecular weight excluding hydrogens is 265 g/mol. The summed E-state index contributed by atoms with van der Waals surface area (Å²) in [5.74, 6) is 0.623. The number of alkyl halides is 3. The molecule has 110 valence electrons. The third-order valence-corrected chi connectivity index (χ3v) is 4.53. The normalized spacial score (nSPS) is 29.6. The van der Waals surface area contributed by atoms with E-state index in [9.17, 15) is 13.2 Å². The molecule has 3 aliphatic heterocycles. The number of rotatable bonds is 3. The van der Waals surface area contributed by atoms with Crippen molar-refractivity contribution in [3.05, 3.63) is 35.4 Å². The molecule has 1 unspecified atom stereocenters. The van der Waals surface area contributed by atoms with Crippen molar-refractivity contribution in [2.45, 2.75) is 31.6 Å². The zero-order valence-electron chi connectivity index (χ0n) is 11.3. The quantitative estimate of drug-likeness (QED) is 0.918. The number of benzene rings is 1. The van der Waals surface area contributed by atoms with Crippen molar-refractivity contribution in [1.82, 2.24) is 10.2 Å². The van der Waals surface area contributed by atoms with E-state index < -0.39 is 11.7 Å². The molecule has 3 saturated heterocycles. The van der Waals surface area contributed by atoms with Crippen molar-refractivity contribution < 1.29 is 13.2 Å². The third kappa shape index (κ3) is 2.83. The number of hydrogen-bond acceptors (Lipinski definition) is 2. The number of nitrogens with one attached hydrogen (secondary N) is 1. The van der Waals surface area contributed by atoms with Crippen LogP contribution in [0, 0.1) is 5.92 Å². The first kappa shape index (κ1) is 13.9. The van der Waals surface area contributed by atoms with Crippen LogP contribution in [-0.4, -0.2) is 30.6 Å². The largest absolute Gasteiger partial charge is 0.416 e. The Morgan fingerprint density at radius 1 is 1.15 bits per heavy atom. The van der Waals surface area contributed by atoms with Gasteiger partial charge in [-0.2, -0.15) is 13.2 Å². The first-order chi connectivity index (χ1) is 9.54. The van der Waals surface area contributed by atoms with Gasteiger partial charge in [-0.1, -0.05) is 18.2 Å². The van der Waals surface area contributed by atoms with Gasteiger partial charge in [-0.25, -0.2) is 0 Å². The molecule has 0 amide bonds. The van der Waals surface area contributed by atoms with Gasteiger partial charge in [0.2, 0.25) is 0 Å². The van der Waals surface area contributed by atoms with Gasteiger partial charge in [0.15, 0.2) is 0 Å².